The van der Waals surface area contributed by atoms with E-state index in [2.05, 4.69) is 40.6 Å². The third kappa shape index (κ3) is 3.56. The Bertz CT molecular complexity index is 365. The van der Waals surface area contributed by atoms with E-state index in [1.165, 1.54) is 18.7 Å². The molecule has 4 heteroatoms. The zero-order chi connectivity index (χ0) is 12.8. The fraction of sp³-hybridized carbons (Fsp3) is 0.571. The highest BCUT2D eigenvalue weighted by atomic mass is 32.1. The quantitative estimate of drug-likeness (QED) is 0.822. The minimum Gasteiger partial charge on any atom is -0.497 e. The van der Waals surface area contributed by atoms with Crippen LogP contribution in [0.3, 0.4) is 0 Å². The van der Waals surface area contributed by atoms with Crippen molar-refractivity contribution in [2.24, 2.45) is 0 Å². The van der Waals surface area contributed by atoms with Gasteiger partial charge in [-0.2, -0.15) is 12.6 Å². The van der Waals surface area contributed by atoms with Crippen molar-refractivity contribution >= 4 is 18.3 Å². The predicted octanol–water partition coefficient (Wildman–Crippen LogP) is 2.14. The molecule has 0 aliphatic carbocycles. The summed E-state index contributed by atoms with van der Waals surface area (Å²) in [5.41, 5.74) is 1.27. The van der Waals surface area contributed by atoms with E-state index in [9.17, 15) is 0 Å². The van der Waals surface area contributed by atoms with Crippen LogP contribution in [0.5, 0.6) is 5.75 Å². The molecule has 100 valence electrons. The van der Waals surface area contributed by atoms with Crippen molar-refractivity contribution in [2.45, 2.75) is 6.42 Å². The van der Waals surface area contributed by atoms with Gasteiger partial charge in [0, 0.05) is 37.9 Å². The number of nitrogens with zero attached hydrogens (tertiary/aromatic N) is 2. The average molecular weight is 266 g/mol. The number of piperazine rings is 1. The Morgan fingerprint density at radius 2 is 2.00 bits per heavy atom. The van der Waals surface area contributed by atoms with Gasteiger partial charge in [0.2, 0.25) is 0 Å². The Hall–Kier alpha value is -0.870. The van der Waals surface area contributed by atoms with E-state index in [-0.39, 0.29) is 0 Å². The van der Waals surface area contributed by atoms with Crippen molar-refractivity contribution in [2.75, 3.05) is 50.5 Å². The molecule has 1 fully saturated rings. The average Bonchev–Trinajstić information content (AvgIpc) is 2.46. The molecule has 0 aromatic heterocycles. The summed E-state index contributed by atoms with van der Waals surface area (Å²) in [5.74, 6) is 1.92. The maximum atomic E-state index is 5.27. The van der Waals surface area contributed by atoms with Crippen molar-refractivity contribution in [3.8, 4) is 5.75 Å². The monoisotopic (exact) mass is 266 g/mol. The number of benzene rings is 1. The number of thiol groups is 1. The molecule has 1 heterocycles. The molecule has 0 N–H and O–H groups in total. The van der Waals surface area contributed by atoms with Crippen LogP contribution in [0, 0.1) is 0 Å². The third-order valence-electron chi connectivity index (χ3n) is 3.42. The zero-order valence-electron chi connectivity index (χ0n) is 11.0. The highest BCUT2D eigenvalue weighted by Gasteiger charge is 2.16. The minimum atomic E-state index is 0.935. The molecule has 1 aromatic rings. The summed E-state index contributed by atoms with van der Waals surface area (Å²) < 4.78 is 5.27. The maximum absolute atomic E-state index is 5.27. The molecular formula is C14H22N2OS. The first-order valence-corrected chi connectivity index (χ1v) is 7.19. The van der Waals surface area contributed by atoms with Gasteiger partial charge in [0.25, 0.3) is 0 Å². The van der Waals surface area contributed by atoms with E-state index in [0.717, 1.165) is 37.7 Å². The summed E-state index contributed by atoms with van der Waals surface area (Å²) in [6.07, 6.45) is 1.18. The summed E-state index contributed by atoms with van der Waals surface area (Å²) >= 11 is 4.27. The maximum Gasteiger partial charge on any atom is 0.120 e. The summed E-state index contributed by atoms with van der Waals surface area (Å²) in [4.78, 5) is 4.95. The van der Waals surface area contributed by atoms with Crippen molar-refractivity contribution in [1.29, 1.82) is 0 Å². The van der Waals surface area contributed by atoms with Crippen LogP contribution >= 0.6 is 12.6 Å². The first kappa shape index (κ1) is 13.6. The van der Waals surface area contributed by atoms with Gasteiger partial charge in [-0.05, 0) is 30.9 Å². The van der Waals surface area contributed by atoms with Gasteiger partial charge in [0.15, 0.2) is 0 Å². The Kier molecular flexibility index (Phi) is 5.20. The molecule has 18 heavy (non-hydrogen) atoms. The van der Waals surface area contributed by atoms with E-state index in [0.29, 0.717) is 0 Å². The van der Waals surface area contributed by atoms with Crippen molar-refractivity contribution in [3.05, 3.63) is 24.3 Å². The lowest BCUT2D eigenvalue weighted by atomic mass is 10.2. The number of hydrogen-bond donors (Lipinski definition) is 1. The Morgan fingerprint density at radius 1 is 1.22 bits per heavy atom. The van der Waals surface area contributed by atoms with Crippen LogP contribution in [-0.2, 0) is 0 Å². The fourth-order valence-corrected chi connectivity index (χ4v) is 2.47. The molecule has 0 spiro atoms. The van der Waals surface area contributed by atoms with Crippen LogP contribution in [0.4, 0.5) is 5.69 Å². The summed E-state index contributed by atoms with van der Waals surface area (Å²) in [5, 5.41) is 0. The van der Waals surface area contributed by atoms with Gasteiger partial charge in [-0.3, -0.25) is 4.90 Å². The molecule has 1 aliphatic rings. The molecule has 0 bridgehead atoms. The van der Waals surface area contributed by atoms with Crippen molar-refractivity contribution in [3.63, 3.8) is 0 Å². The van der Waals surface area contributed by atoms with Gasteiger partial charge < -0.3 is 9.64 Å². The third-order valence-corrected chi connectivity index (χ3v) is 3.74. The van der Waals surface area contributed by atoms with Crippen LogP contribution in [0.2, 0.25) is 0 Å². The SMILES string of the molecule is COc1cccc(N2CCN(CCCS)CC2)c1. The smallest absolute Gasteiger partial charge is 0.120 e. The Balaban J connectivity index is 1.88. The molecule has 0 saturated carbocycles. The lowest BCUT2D eigenvalue weighted by Gasteiger charge is -2.36. The van der Waals surface area contributed by atoms with Crippen LogP contribution in [0.1, 0.15) is 6.42 Å². The largest absolute Gasteiger partial charge is 0.497 e. The fourth-order valence-electron chi connectivity index (χ4n) is 2.33. The minimum absolute atomic E-state index is 0.935. The molecule has 1 aliphatic heterocycles. The van der Waals surface area contributed by atoms with Gasteiger partial charge in [-0.15, -0.1) is 0 Å². The summed E-state index contributed by atoms with van der Waals surface area (Å²) in [7, 11) is 1.72. The number of rotatable bonds is 5. The van der Waals surface area contributed by atoms with Crippen molar-refractivity contribution < 1.29 is 4.74 Å². The van der Waals surface area contributed by atoms with Crippen LogP contribution in [0.25, 0.3) is 0 Å². The van der Waals surface area contributed by atoms with E-state index < -0.39 is 0 Å². The highest BCUT2D eigenvalue weighted by Crippen LogP contribution is 2.22. The van der Waals surface area contributed by atoms with Crippen LogP contribution < -0.4 is 9.64 Å². The first-order chi connectivity index (χ1) is 8.83. The van der Waals surface area contributed by atoms with Crippen molar-refractivity contribution in [1.82, 2.24) is 4.90 Å². The molecule has 0 atom stereocenters. The molecular weight excluding hydrogens is 244 g/mol. The Morgan fingerprint density at radius 3 is 2.67 bits per heavy atom. The number of hydrogen-bond acceptors (Lipinski definition) is 4. The first-order valence-electron chi connectivity index (χ1n) is 6.55. The molecule has 0 amide bonds. The van der Waals surface area contributed by atoms with Gasteiger partial charge in [0.1, 0.15) is 5.75 Å². The van der Waals surface area contributed by atoms with E-state index in [1.54, 1.807) is 7.11 Å². The van der Waals surface area contributed by atoms with Gasteiger partial charge in [0.05, 0.1) is 7.11 Å². The van der Waals surface area contributed by atoms with Gasteiger partial charge in [-0.1, -0.05) is 6.07 Å². The molecule has 3 nitrogen and oxygen atoms in total. The van der Waals surface area contributed by atoms with Crippen LogP contribution in [-0.4, -0.2) is 50.5 Å². The highest BCUT2D eigenvalue weighted by molar-refractivity contribution is 7.80. The number of anilines is 1. The summed E-state index contributed by atoms with van der Waals surface area (Å²) in [6, 6.07) is 8.32. The number of ether oxygens (including phenoxy) is 1. The second-order valence-corrected chi connectivity index (χ2v) is 5.05. The second-order valence-electron chi connectivity index (χ2n) is 4.61. The normalized spacial score (nSPS) is 16.9. The number of methoxy groups -OCH3 is 1. The van der Waals surface area contributed by atoms with Gasteiger partial charge >= 0.3 is 0 Å². The van der Waals surface area contributed by atoms with Gasteiger partial charge in [-0.25, -0.2) is 0 Å². The molecule has 0 radical (unpaired) electrons. The Labute approximate surface area is 115 Å². The standard InChI is InChI=1S/C14H22N2OS/c1-17-14-5-2-4-13(12-14)16-9-7-15(8-10-16)6-3-11-18/h2,4-5,12,18H,3,6-11H2,1H3. The van der Waals surface area contributed by atoms with Crippen LogP contribution in [0.15, 0.2) is 24.3 Å². The van der Waals surface area contributed by atoms with E-state index in [4.69, 9.17) is 4.74 Å². The second kappa shape index (κ2) is 6.90. The lowest BCUT2D eigenvalue weighted by molar-refractivity contribution is 0.259. The topological polar surface area (TPSA) is 15.7 Å². The zero-order valence-corrected chi connectivity index (χ0v) is 11.9. The van der Waals surface area contributed by atoms with E-state index >= 15 is 0 Å². The molecule has 1 saturated heterocycles. The molecule has 2 rings (SSSR count). The summed E-state index contributed by atoms with van der Waals surface area (Å²) in [6.45, 7) is 5.66. The molecule has 0 unspecified atom stereocenters. The van der Waals surface area contributed by atoms with E-state index in [1.807, 2.05) is 6.07 Å². The predicted molar refractivity (Wildman–Crippen MR) is 80.1 cm³/mol. The lowest BCUT2D eigenvalue weighted by Crippen LogP contribution is -2.46. The molecule has 1 aromatic carbocycles.